The third-order valence-electron chi connectivity index (χ3n) is 0.217. The van der Waals surface area contributed by atoms with Crippen LogP contribution in [0.2, 0.25) is 0 Å². The molecule has 8 heavy (non-hydrogen) atoms. The van der Waals surface area contributed by atoms with Gasteiger partial charge in [-0.25, -0.2) is 4.57 Å². The molecule has 0 atom stereocenters. The molecule has 2 N–H and O–H groups in total. The van der Waals surface area contributed by atoms with Crippen molar-refractivity contribution in [3.05, 3.63) is 0 Å². The molecule has 0 rings (SSSR count). The van der Waals surface area contributed by atoms with Crippen LogP contribution in [0.4, 0.5) is 8.63 Å². The summed E-state index contributed by atoms with van der Waals surface area (Å²) in [5.74, 6) is 0. The van der Waals surface area contributed by atoms with Crippen molar-refractivity contribution in [1.29, 1.82) is 0 Å². The van der Waals surface area contributed by atoms with Crippen molar-refractivity contribution < 1.29 is 27.4 Å². The quantitative estimate of drug-likeness (QED) is 0.425. The number of hydrogen-bond donors (Lipinski definition) is 2. The molecule has 0 bridgehead atoms. The standard InChI is InChI=1S/BF2H2O4P/c2-1(3)7-8(4,5)6/h(H2,4,5,6). The van der Waals surface area contributed by atoms with Crippen molar-refractivity contribution in [2.75, 3.05) is 0 Å². The zero-order chi connectivity index (χ0) is 6.78. The monoisotopic (exact) mass is 146 g/mol. The highest BCUT2D eigenvalue weighted by atomic mass is 31.2. The maximum Gasteiger partial charge on any atom is 0.729 e. The lowest BCUT2D eigenvalue weighted by Crippen LogP contribution is -2.01. The van der Waals surface area contributed by atoms with Crippen LogP contribution in [0.15, 0.2) is 0 Å². The number of phosphoric acid groups is 1. The Labute approximate surface area is 43.9 Å². The molecule has 0 heterocycles. The van der Waals surface area contributed by atoms with Gasteiger partial charge in [-0.2, -0.15) is 0 Å². The summed E-state index contributed by atoms with van der Waals surface area (Å²) in [5.41, 5.74) is 0. The van der Waals surface area contributed by atoms with Crippen LogP contribution in [0, 0.1) is 0 Å². The van der Waals surface area contributed by atoms with Crippen LogP contribution in [0.5, 0.6) is 0 Å². The van der Waals surface area contributed by atoms with Gasteiger partial charge < -0.3 is 9.79 Å². The van der Waals surface area contributed by atoms with Crippen LogP contribution < -0.4 is 0 Å². The molecule has 0 fully saturated rings. The minimum Gasteiger partial charge on any atom is -0.303 e. The summed E-state index contributed by atoms with van der Waals surface area (Å²) in [6.07, 6.45) is 0. The molecule has 0 spiro atoms. The summed E-state index contributed by atoms with van der Waals surface area (Å²) in [7, 11) is -8.39. The van der Waals surface area contributed by atoms with Gasteiger partial charge in [0.05, 0.1) is 0 Å². The molecule has 8 heteroatoms. The Morgan fingerprint density at radius 1 is 1.50 bits per heavy atom. The molecule has 0 amide bonds. The highest BCUT2D eigenvalue weighted by Gasteiger charge is 2.27. The van der Waals surface area contributed by atoms with Gasteiger partial charge in [0.1, 0.15) is 0 Å². The third kappa shape index (κ3) is 6.03. The van der Waals surface area contributed by atoms with E-state index in [9.17, 15) is 13.2 Å². The largest absolute Gasteiger partial charge is 0.729 e. The van der Waals surface area contributed by atoms with Gasteiger partial charge in [-0.1, -0.05) is 0 Å². The van der Waals surface area contributed by atoms with E-state index >= 15 is 0 Å². The molecule has 0 aromatic carbocycles. The fourth-order valence-corrected chi connectivity index (χ4v) is 0.311. The second-order valence-corrected chi connectivity index (χ2v) is 2.05. The molecule has 0 aromatic heterocycles. The molecular formula is H2BF2O4P. The fourth-order valence-electron chi connectivity index (χ4n) is 0.104. The van der Waals surface area contributed by atoms with Gasteiger partial charge in [0, 0.05) is 0 Å². The number of rotatable bonds is 2. The fraction of sp³-hybridized carbons (Fsp3) is 0. The predicted molar refractivity (Wildman–Crippen MR) is 21.1 cm³/mol. The lowest BCUT2D eigenvalue weighted by Gasteiger charge is -1.98. The highest BCUT2D eigenvalue weighted by molar-refractivity contribution is 7.47. The first-order chi connectivity index (χ1) is 3.42. The zero-order valence-electron chi connectivity index (χ0n) is 3.49. The zero-order valence-corrected chi connectivity index (χ0v) is 4.39. The first-order valence-electron chi connectivity index (χ1n) is 1.44. The van der Waals surface area contributed by atoms with Crippen LogP contribution in [-0.2, 0) is 9.01 Å². The molecule has 0 aromatic rings. The molecule has 0 aliphatic rings. The van der Waals surface area contributed by atoms with E-state index in [-0.39, 0.29) is 0 Å². The summed E-state index contributed by atoms with van der Waals surface area (Å²) in [6, 6.07) is 0. The van der Waals surface area contributed by atoms with Crippen molar-refractivity contribution in [3.63, 3.8) is 0 Å². The van der Waals surface area contributed by atoms with Gasteiger partial charge in [-0.05, 0) is 0 Å². The molecule has 4 nitrogen and oxygen atoms in total. The van der Waals surface area contributed by atoms with Gasteiger partial charge in [0.15, 0.2) is 0 Å². The Bertz CT molecular complexity index is 107. The van der Waals surface area contributed by atoms with Crippen molar-refractivity contribution in [2.45, 2.75) is 0 Å². The van der Waals surface area contributed by atoms with Crippen LogP contribution in [-0.4, -0.2) is 17.3 Å². The van der Waals surface area contributed by atoms with Crippen molar-refractivity contribution in [3.8, 4) is 0 Å². The van der Waals surface area contributed by atoms with Crippen LogP contribution in [0.25, 0.3) is 0 Å². The Balaban J connectivity index is 3.56. The summed E-state index contributed by atoms with van der Waals surface area (Å²) in [4.78, 5) is 15.2. The normalized spacial score (nSPS) is 11.5. The molecular weight excluding hydrogens is 144 g/mol. The minimum absolute atomic E-state index is 2.77. The minimum atomic E-state index is -4.97. The molecule has 0 aliphatic heterocycles. The van der Waals surface area contributed by atoms with Crippen LogP contribution >= 0.6 is 7.82 Å². The SMILES string of the molecule is O=P(O)(O)OB(F)F. The van der Waals surface area contributed by atoms with Gasteiger partial charge in [0.2, 0.25) is 0 Å². The Kier molecular flexibility index (Phi) is 2.56. The van der Waals surface area contributed by atoms with Crippen LogP contribution in [0.1, 0.15) is 0 Å². The van der Waals surface area contributed by atoms with Gasteiger partial charge in [-0.3, -0.25) is 13.1 Å². The summed E-state index contributed by atoms with van der Waals surface area (Å²) in [5, 5.41) is 0. The summed E-state index contributed by atoms with van der Waals surface area (Å²) < 4.78 is 33.8. The first kappa shape index (κ1) is 8.03. The van der Waals surface area contributed by atoms with E-state index in [0.29, 0.717) is 0 Å². The molecule has 48 valence electrons. The topological polar surface area (TPSA) is 66.8 Å². The van der Waals surface area contributed by atoms with E-state index in [0.717, 1.165) is 0 Å². The molecule has 0 unspecified atom stereocenters. The first-order valence-corrected chi connectivity index (χ1v) is 2.97. The van der Waals surface area contributed by atoms with Crippen LogP contribution in [0.3, 0.4) is 0 Å². The van der Waals surface area contributed by atoms with E-state index in [4.69, 9.17) is 9.79 Å². The number of hydrogen-bond acceptors (Lipinski definition) is 2. The smallest absolute Gasteiger partial charge is 0.303 e. The highest BCUT2D eigenvalue weighted by Crippen LogP contribution is 2.36. The summed E-state index contributed by atoms with van der Waals surface area (Å²) >= 11 is 0. The lowest BCUT2D eigenvalue weighted by atomic mass is 10.4. The van der Waals surface area contributed by atoms with Crippen molar-refractivity contribution in [2.24, 2.45) is 0 Å². The average molecular weight is 146 g/mol. The summed E-state index contributed by atoms with van der Waals surface area (Å²) in [6.45, 7) is 0. The molecule has 0 saturated heterocycles. The van der Waals surface area contributed by atoms with E-state index in [1.165, 1.54) is 0 Å². The van der Waals surface area contributed by atoms with E-state index in [1.54, 1.807) is 0 Å². The third-order valence-corrected chi connectivity index (χ3v) is 0.651. The second kappa shape index (κ2) is 2.54. The van der Waals surface area contributed by atoms with E-state index in [2.05, 4.69) is 4.44 Å². The number of halogens is 2. The van der Waals surface area contributed by atoms with Crippen molar-refractivity contribution >= 4 is 15.3 Å². The van der Waals surface area contributed by atoms with E-state index < -0.39 is 15.3 Å². The molecule has 0 radical (unpaired) electrons. The van der Waals surface area contributed by atoms with Gasteiger partial charge in [-0.15, -0.1) is 0 Å². The van der Waals surface area contributed by atoms with Crippen molar-refractivity contribution in [1.82, 2.24) is 0 Å². The molecule has 0 aliphatic carbocycles. The van der Waals surface area contributed by atoms with Gasteiger partial charge >= 0.3 is 15.3 Å². The molecule has 0 saturated carbocycles. The maximum absolute atomic E-state index is 10.8. The Morgan fingerprint density at radius 2 is 1.88 bits per heavy atom. The van der Waals surface area contributed by atoms with Gasteiger partial charge in [0.25, 0.3) is 0 Å². The average Bonchev–Trinajstić information content (AvgIpc) is 1.21. The van der Waals surface area contributed by atoms with E-state index in [1.807, 2.05) is 0 Å². The Morgan fingerprint density at radius 3 is 1.88 bits per heavy atom. The Hall–Kier alpha value is 0.0349. The second-order valence-electron chi connectivity index (χ2n) is 0.857. The predicted octanol–water partition coefficient (Wildman–Crippen LogP) is 0.0196. The lowest BCUT2D eigenvalue weighted by molar-refractivity contribution is 0.261. The maximum atomic E-state index is 10.8.